The van der Waals surface area contributed by atoms with Crippen LogP contribution in [0.5, 0.6) is 0 Å². The Morgan fingerprint density at radius 3 is 3.06 bits per heavy atom. The Hall–Kier alpha value is -1.03. The first-order valence-electron chi connectivity index (χ1n) is 6.22. The third-order valence-electron chi connectivity index (χ3n) is 4.22. The number of piperidine rings is 1. The van der Waals surface area contributed by atoms with Gasteiger partial charge in [0.1, 0.15) is 0 Å². The zero-order chi connectivity index (χ0) is 11.0. The van der Waals surface area contributed by atoms with E-state index in [1.165, 1.54) is 32.4 Å². The van der Waals surface area contributed by atoms with Gasteiger partial charge >= 0.3 is 0 Å². The van der Waals surface area contributed by atoms with Gasteiger partial charge in [-0.15, -0.1) is 0 Å². The molecule has 2 N–H and O–H groups in total. The third kappa shape index (κ3) is 1.82. The van der Waals surface area contributed by atoms with Crippen molar-refractivity contribution >= 4 is 5.69 Å². The minimum Gasteiger partial charge on any atom is -0.382 e. The Kier molecular flexibility index (Phi) is 2.39. The molecule has 2 fully saturated rings. The van der Waals surface area contributed by atoms with E-state index in [0.717, 1.165) is 18.2 Å². The first-order chi connectivity index (χ1) is 7.78. The molecule has 4 nitrogen and oxygen atoms in total. The molecule has 1 aromatic heterocycles. The topological polar surface area (TPSA) is 41.9 Å². The molecule has 1 saturated heterocycles. The standard InChI is InChI=1S/C12H20N4/c1-16-9-11(8-15-16)14-7-10-6-12(10)2-4-13-5-3-12/h8-10,13-14H,2-7H2,1H3. The highest BCUT2D eigenvalue weighted by molar-refractivity contribution is 5.38. The van der Waals surface area contributed by atoms with Crippen LogP contribution in [0.15, 0.2) is 12.4 Å². The van der Waals surface area contributed by atoms with Gasteiger partial charge in [0.25, 0.3) is 0 Å². The van der Waals surface area contributed by atoms with E-state index in [9.17, 15) is 0 Å². The number of nitrogens with zero attached hydrogens (tertiary/aromatic N) is 2. The average molecular weight is 220 g/mol. The number of nitrogens with one attached hydrogen (secondary N) is 2. The third-order valence-corrected chi connectivity index (χ3v) is 4.22. The lowest BCUT2D eigenvalue weighted by Crippen LogP contribution is -2.30. The van der Waals surface area contributed by atoms with Crippen LogP contribution in [0.25, 0.3) is 0 Å². The van der Waals surface area contributed by atoms with Gasteiger partial charge in [-0.05, 0) is 43.7 Å². The Labute approximate surface area is 96.4 Å². The second-order valence-electron chi connectivity index (χ2n) is 5.30. The Morgan fingerprint density at radius 1 is 1.56 bits per heavy atom. The number of hydrogen-bond donors (Lipinski definition) is 2. The van der Waals surface area contributed by atoms with Gasteiger partial charge in [0.15, 0.2) is 0 Å². The summed E-state index contributed by atoms with van der Waals surface area (Å²) in [6, 6.07) is 0. The molecular weight excluding hydrogens is 200 g/mol. The quantitative estimate of drug-likeness (QED) is 0.805. The summed E-state index contributed by atoms with van der Waals surface area (Å²) in [6.07, 6.45) is 8.09. The molecule has 0 aromatic carbocycles. The maximum atomic E-state index is 4.16. The van der Waals surface area contributed by atoms with Gasteiger partial charge in [-0.1, -0.05) is 0 Å². The summed E-state index contributed by atoms with van der Waals surface area (Å²) in [7, 11) is 1.95. The van der Waals surface area contributed by atoms with Crippen LogP contribution in [0.4, 0.5) is 5.69 Å². The Morgan fingerprint density at radius 2 is 2.38 bits per heavy atom. The molecule has 1 spiro atoms. The molecule has 3 rings (SSSR count). The molecule has 1 aromatic rings. The zero-order valence-electron chi connectivity index (χ0n) is 9.87. The van der Waals surface area contributed by atoms with Gasteiger partial charge in [-0.2, -0.15) is 5.10 Å². The summed E-state index contributed by atoms with van der Waals surface area (Å²) < 4.78 is 1.84. The fraction of sp³-hybridized carbons (Fsp3) is 0.750. The lowest BCUT2D eigenvalue weighted by atomic mass is 9.92. The molecule has 0 amide bonds. The molecule has 1 saturated carbocycles. The van der Waals surface area contributed by atoms with E-state index in [4.69, 9.17) is 0 Å². The predicted octanol–water partition coefficient (Wildman–Crippen LogP) is 1.22. The van der Waals surface area contributed by atoms with Gasteiger partial charge in [-0.25, -0.2) is 0 Å². The van der Waals surface area contributed by atoms with Crippen molar-refractivity contribution < 1.29 is 0 Å². The van der Waals surface area contributed by atoms with Gasteiger partial charge in [0, 0.05) is 19.8 Å². The highest BCUT2D eigenvalue weighted by Gasteiger charge is 2.53. The first kappa shape index (κ1) is 10.1. The molecule has 0 radical (unpaired) electrons. The van der Waals surface area contributed by atoms with Crippen molar-refractivity contribution in [3.63, 3.8) is 0 Å². The molecule has 16 heavy (non-hydrogen) atoms. The summed E-state index contributed by atoms with van der Waals surface area (Å²) in [5.41, 5.74) is 1.83. The largest absolute Gasteiger partial charge is 0.382 e. The minimum absolute atomic E-state index is 0.681. The van der Waals surface area contributed by atoms with Crippen molar-refractivity contribution in [3.05, 3.63) is 12.4 Å². The summed E-state index contributed by atoms with van der Waals surface area (Å²) >= 11 is 0. The SMILES string of the molecule is Cn1cc(NCC2CC23CCNCC3)cn1. The molecule has 88 valence electrons. The van der Waals surface area contributed by atoms with Gasteiger partial charge in [0.2, 0.25) is 0 Å². The van der Waals surface area contributed by atoms with Crippen molar-refractivity contribution in [3.8, 4) is 0 Å². The van der Waals surface area contributed by atoms with Crippen molar-refractivity contribution in [1.29, 1.82) is 0 Å². The maximum absolute atomic E-state index is 4.16. The van der Waals surface area contributed by atoms with Crippen LogP contribution in [0.2, 0.25) is 0 Å². The number of aromatic nitrogens is 2. The van der Waals surface area contributed by atoms with E-state index in [1.54, 1.807) is 0 Å². The molecule has 2 heterocycles. The number of hydrogen-bond acceptors (Lipinski definition) is 3. The summed E-state index contributed by atoms with van der Waals surface area (Å²) in [4.78, 5) is 0. The van der Waals surface area contributed by atoms with Crippen molar-refractivity contribution in [2.24, 2.45) is 18.4 Å². The van der Waals surface area contributed by atoms with Crippen LogP contribution >= 0.6 is 0 Å². The predicted molar refractivity (Wildman–Crippen MR) is 64.3 cm³/mol. The second kappa shape index (κ2) is 3.77. The van der Waals surface area contributed by atoms with Crippen LogP contribution in [-0.2, 0) is 7.05 Å². The molecule has 4 heteroatoms. The van der Waals surface area contributed by atoms with Gasteiger partial charge < -0.3 is 10.6 Å². The van der Waals surface area contributed by atoms with E-state index < -0.39 is 0 Å². The second-order valence-corrected chi connectivity index (χ2v) is 5.30. The average Bonchev–Trinajstić information content (AvgIpc) is 2.77. The highest BCUT2D eigenvalue weighted by atomic mass is 15.3. The minimum atomic E-state index is 0.681. The number of rotatable bonds is 3. The van der Waals surface area contributed by atoms with Crippen LogP contribution in [-0.4, -0.2) is 29.4 Å². The number of aryl methyl sites for hydroxylation is 1. The molecule has 2 aliphatic rings. The molecule has 1 unspecified atom stereocenters. The van der Waals surface area contributed by atoms with E-state index in [2.05, 4.69) is 15.7 Å². The van der Waals surface area contributed by atoms with Gasteiger partial charge in [-0.3, -0.25) is 4.68 Å². The van der Waals surface area contributed by atoms with Crippen molar-refractivity contribution in [1.82, 2.24) is 15.1 Å². The van der Waals surface area contributed by atoms with E-state index in [-0.39, 0.29) is 0 Å². The van der Waals surface area contributed by atoms with E-state index in [0.29, 0.717) is 5.41 Å². The van der Waals surface area contributed by atoms with Gasteiger partial charge in [0.05, 0.1) is 11.9 Å². The lowest BCUT2D eigenvalue weighted by Gasteiger charge is -2.23. The summed E-state index contributed by atoms with van der Waals surface area (Å²) in [5, 5.41) is 11.1. The van der Waals surface area contributed by atoms with Crippen LogP contribution < -0.4 is 10.6 Å². The zero-order valence-corrected chi connectivity index (χ0v) is 9.87. The Balaban J connectivity index is 1.50. The Bertz CT molecular complexity index is 365. The fourth-order valence-electron chi connectivity index (χ4n) is 3.01. The van der Waals surface area contributed by atoms with E-state index in [1.807, 2.05) is 24.1 Å². The summed E-state index contributed by atoms with van der Waals surface area (Å²) in [5.74, 6) is 0.884. The maximum Gasteiger partial charge on any atom is 0.0726 e. The van der Waals surface area contributed by atoms with Crippen molar-refractivity contribution in [2.45, 2.75) is 19.3 Å². The molecule has 0 bridgehead atoms. The lowest BCUT2D eigenvalue weighted by molar-refractivity contribution is 0.326. The molecule has 1 aliphatic carbocycles. The number of anilines is 1. The van der Waals surface area contributed by atoms with E-state index >= 15 is 0 Å². The first-order valence-corrected chi connectivity index (χ1v) is 6.22. The normalized spacial score (nSPS) is 26.9. The smallest absolute Gasteiger partial charge is 0.0726 e. The van der Waals surface area contributed by atoms with Crippen LogP contribution in [0.1, 0.15) is 19.3 Å². The van der Waals surface area contributed by atoms with Crippen LogP contribution in [0.3, 0.4) is 0 Å². The molecular formula is C12H20N4. The van der Waals surface area contributed by atoms with Crippen LogP contribution in [0, 0.1) is 11.3 Å². The monoisotopic (exact) mass is 220 g/mol. The molecule has 1 aliphatic heterocycles. The van der Waals surface area contributed by atoms with Crippen molar-refractivity contribution in [2.75, 3.05) is 25.0 Å². The molecule has 1 atom stereocenters. The highest BCUT2D eigenvalue weighted by Crippen LogP contribution is 2.58. The fourth-order valence-corrected chi connectivity index (χ4v) is 3.01. The summed E-state index contributed by atoms with van der Waals surface area (Å²) in [6.45, 7) is 3.54.